The van der Waals surface area contributed by atoms with Gasteiger partial charge in [0.2, 0.25) is 0 Å². The van der Waals surface area contributed by atoms with Crippen LogP contribution in [0.5, 0.6) is 0 Å². The van der Waals surface area contributed by atoms with Gasteiger partial charge in [0.05, 0.1) is 12.0 Å². The maximum Gasteiger partial charge on any atom is 0.308 e. The summed E-state index contributed by atoms with van der Waals surface area (Å²) in [5.41, 5.74) is 0.248. The van der Waals surface area contributed by atoms with Gasteiger partial charge in [-0.2, -0.15) is 0 Å². The van der Waals surface area contributed by atoms with E-state index in [1.54, 1.807) is 18.2 Å². The molecule has 0 saturated heterocycles. The van der Waals surface area contributed by atoms with Crippen LogP contribution in [0, 0.1) is 15.2 Å². The molecule has 0 aliphatic carbocycles. The summed E-state index contributed by atoms with van der Waals surface area (Å²) in [5.74, 6) is -3.77. The minimum atomic E-state index is -0.998. The van der Waals surface area contributed by atoms with Crippen molar-refractivity contribution in [2.75, 3.05) is 18.5 Å². The molecule has 0 fully saturated rings. The monoisotopic (exact) mass is 488 g/mol. The van der Waals surface area contributed by atoms with Crippen molar-refractivity contribution in [2.45, 2.75) is 6.42 Å². The number of halogens is 3. The van der Waals surface area contributed by atoms with E-state index < -0.39 is 36.0 Å². The van der Waals surface area contributed by atoms with Crippen LogP contribution >= 0.6 is 22.6 Å². The van der Waals surface area contributed by atoms with Crippen LogP contribution in [0.15, 0.2) is 42.5 Å². The van der Waals surface area contributed by atoms with Crippen molar-refractivity contribution >= 4 is 46.1 Å². The maximum absolute atomic E-state index is 13.5. The number of benzene rings is 2. The Kier molecular flexibility index (Phi) is 7.65. The molecule has 2 rings (SSSR count). The molecule has 2 aromatic rings. The van der Waals surface area contributed by atoms with Crippen molar-refractivity contribution in [3.8, 4) is 0 Å². The molecule has 0 aliphatic heterocycles. The first-order valence-electron chi connectivity index (χ1n) is 7.79. The fraction of sp³-hybridized carbons (Fsp3) is 0.167. The van der Waals surface area contributed by atoms with Crippen LogP contribution in [-0.4, -0.2) is 30.9 Å². The normalized spacial score (nSPS) is 10.2. The minimum absolute atomic E-state index is 0.118. The van der Waals surface area contributed by atoms with E-state index in [0.29, 0.717) is 11.8 Å². The fourth-order valence-electron chi connectivity index (χ4n) is 2.03. The highest BCUT2D eigenvalue weighted by Crippen LogP contribution is 2.12. The van der Waals surface area contributed by atoms with E-state index in [-0.39, 0.29) is 18.5 Å². The van der Waals surface area contributed by atoms with Crippen LogP contribution in [0.2, 0.25) is 0 Å². The van der Waals surface area contributed by atoms with E-state index in [9.17, 15) is 23.2 Å². The van der Waals surface area contributed by atoms with Gasteiger partial charge < -0.3 is 15.4 Å². The van der Waals surface area contributed by atoms with Gasteiger partial charge >= 0.3 is 5.97 Å². The zero-order chi connectivity index (χ0) is 19.8. The first-order chi connectivity index (χ1) is 12.8. The first kappa shape index (κ1) is 20.7. The molecule has 9 heteroatoms. The SMILES string of the molecule is O=C(COC(=O)CCNC(=O)c1ccc(F)cc1F)Nc1cccc(I)c1. The van der Waals surface area contributed by atoms with Gasteiger partial charge in [0.1, 0.15) is 11.6 Å². The molecule has 2 aromatic carbocycles. The Morgan fingerprint density at radius 2 is 1.85 bits per heavy atom. The Balaban J connectivity index is 1.70. The zero-order valence-corrected chi connectivity index (χ0v) is 16.1. The smallest absolute Gasteiger partial charge is 0.308 e. The van der Waals surface area contributed by atoms with Gasteiger partial charge in [-0.25, -0.2) is 8.78 Å². The predicted molar refractivity (Wildman–Crippen MR) is 102 cm³/mol. The molecule has 0 spiro atoms. The molecule has 0 heterocycles. The van der Waals surface area contributed by atoms with Crippen molar-refractivity contribution in [1.82, 2.24) is 5.32 Å². The van der Waals surface area contributed by atoms with Gasteiger partial charge in [0.25, 0.3) is 11.8 Å². The second-order valence-electron chi connectivity index (χ2n) is 5.35. The van der Waals surface area contributed by atoms with Gasteiger partial charge in [0.15, 0.2) is 6.61 Å². The molecule has 142 valence electrons. The zero-order valence-electron chi connectivity index (χ0n) is 13.9. The summed E-state index contributed by atoms with van der Waals surface area (Å²) in [7, 11) is 0. The fourth-order valence-corrected chi connectivity index (χ4v) is 2.57. The van der Waals surface area contributed by atoms with Crippen molar-refractivity contribution < 1.29 is 27.9 Å². The average Bonchev–Trinajstić information content (AvgIpc) is 2.60. The van der Waals surface area contributed by atoms with Crippen molar-refractivity contribution in [1.29, 1.82) is 0 Å². The highest BCUT2D eigenvalue weighted by atomic mass is 127. The van der Waals surface area contributed by atoms with Crippen LogP contribution in [0.1, 0.15) is 16.8 Å². The lowest BCUT2D eigenvalue weighted by Crippen LogP contribution is -2.28. The van der Waals surface area contributed by atoms with E-state index >= 15 is 0 Å². The summed E-state index contributed by atoms with van der Waals surface area (Å²) < 4.78 is 32.0. The van der Waals surface area contributed by atoms with Crippen LogP contribution in [0.3, 0.4) is 0 Å². The first-order valence-corrected chi connectivity index (χ1v) is 8.87. The van der Waals surface area contributed by atoms with E-state index in [2.05, 4.69) is 33.2 Å². The summed E-state index contributed by atoms with van der Waals surface area (Å²) in [4.78, 5) is 35.1. The molecular weight excluding hydrogens is 473 g/mol. The molecule has 0 aromatic heterocycles. The molecule has 0 unspecified atom stereocenters. The standard InChI is InChI=1S/C18H15F2IN2O4/c19-11-4-5-14(15(20)8-11)18(26)22-7-6-17(25)27-10-16(24)23-13-3-1-2-12(21)9-13/h1-5,8-9H,6-7,10H2,(H,22,26)(H,23,24). The molecule has 0 radical (unpaired) electrons. The largest absolute Gasteiger partial charge is 0.456 e. The number of anilines is 1. The molecule has 0 saturated carbocycles. The van der Waals surface area contributed by atoms with Crippen LogP contribution in [0.25, 0.3) is 0 Å². The van der Waals surface area contributed by atoms with E-state index in [1.807, 2.05) is 6.07 Å². The quantitative estimate of drug-likeness (QED) is 0.464. The van der Waals surface area contributed by atoms with Crippen molar-refractivity contribution in [3.05, 3.63) is 63.2 Å². The number of hydrogen-bond acceptors (Lipinski definition) is 4. The average molecular weight is 488 g/mol. The number of esters is 1. The van der Waals surface area contributed by atoms with Crippen LogP contribution in [-0.2, 0) is 14.3 Å². The maximum atomic E-state index is 13.5. The third kappa shape index (κ3) is 6.93. The molecule has 27 heavy (non-hydrogen) atoms. The summed E-state index contributed by atoms with van der Waals surface area (Å²) in [6.45, 7) is -0.585. The van der Waals surface area contributed by atoms with Gasteiger partial charge in [-0.1, -0.05) is 6.07 Å². The second-order valence-corrected chi connectivity index (χ2v) is 6.59. The lowest BCUT2D eigenvalue weighted by molar-refractivity contribution is -0.147. The van der Waals surface area contributed by atoms with Crippen LogP contribution < -0.4 is 10.6 Å². The minimum Gasteiger partial charge on any atom is -0.456 e. The van der Waals surface area contributed by atoms with Crippen LogP contribution in [0.4, 0.5) is 14.5 Å². The molecule has 0 atom stereocenters. The number of carbonyl (C=O) groups is 3. The highest BCUT2D eigenvalue weighted by Gasteiger charge is 2.13. The van der Waals surface area contributed by atoms with Gasteiger partial charge in [-0.3, -0.25) is 14.4 Å². The highest BCUT2D eigenvalue weighted by molar-refractivity contribution is 14.1. The Morgan fingerprint density at radius 1 is 1.07 bits per heavy atom. The van der Waals surface area contributed by atoms with E-state index in [4.69, 9.17) is 4.74 Å². The Morgan fingerprint density at radius 3 is 2.56 bits per heavy atom. The molecule has 0 aliphatic rings. The number of rotatable bonds is 7. The van der Waals surface area contributed by atoms with Gasteiger partial charge in [-0.15, -0.1) is 0 Å². The summed E-state index contributed by atoms with van der Waals surface area (Å²) in [6.07, 6.45) is -0.203. The second kappa shape index (κ2) is 9.95. The lowest BCUT2D eigenvalue weighted by atomic mass is 10.2. The van der Waals surface area contributed by atoms with Crippen molar-refractivity contribution in [2.24, 2.45) is 0 Å². The number of ether oxygens (including phenoxy) is 1. The molecule has 0 bridgehead atoms. The predicted octanol–water partition coefficient (Wildman–Crippen LogP) is 2.87. The lowest BCUT2D eigenvalue weighted by Gasteiger charge is -2.08. The van der Waals surface area contributed by atoms with Crippen molar-refractivity contribution in [3.63, 3.8) is 0 Å². The molecule has 2 amide bonds. The Labute approximate surface area is 167 Å². The Hall–Kier alpha value is -2.56. The molecular formula is C18H15F2IN2O4. The molecule has 2 N–H and O–H groups in total. The van der Waals surface area contributed by atoms with Gasteiger partial charge in [0, 0.05) is 21.9 Å². The summed E-state index contributed by atoms with van der Waals surface area (Å²) in [6, 6.07) is 9.65. The van der Waals surface area contributed by atoms with E-state index in [0.717, 1.165) is 15.7 Å². The van der Waals surface area contributed by atoms with Gasteiger partial charge in [-0.05, 0) is 52.9 Å². The number of amides is 2. The number of nitrogens with one attached hydrogen (secondary N) is 2. The summed E-state index contributed by atoms with van der Waals surface area (Å²) in [5, 5.41) is 4.90. The number of hydrogen-bond donors (Lipinski definition) is 2. The summed E-state index contributed by atoms with van der Waals surface area (Å²) >= 11 is 2.10. The topological polar surface area (TPSA) is 84.5 Å². The number of carbonyl (C=O) groups excluding carboxylic acids is 3. The molecule has 6 nitrogen and oxygen atoms in total. The third-order valence-electron chi connectivity index (χ3n) is 3.26. The van der Waals surface area contributed by atoms with E-state index in [1.165, 1.54) is 0 Å². The Bertz CT molecular complexity index is 861. The third-order valence-corrected chi connectivity index (χ3v) is 3.93.